The predicted octanol–water partition coefficient (Wildman–Crippen LogP) is -0.911. The largest absolute Gasteiger partial charge is 0.394 e. The van der Waals surface area contributed by atoms with Crippen molar-refractivity contribution in [1.82, 2.24) is 0 Å². The first-order valence-corrected chi connectivity index (χ1v) is 23.1. The molecule has 0 aromatic carbocycles. The molecule has 4 aliphatic heterocycles. The van der Waals surface area contributed by atoms with Crippen LogP contribution in [0.1, 0.15) is 86.0 Å². The Morgan fingerprint density at radius 2 is 1.38 bits per heavy atom. The van der Waals surface area contributed by atoms with Gasteiger partial charge >= 0.3 is 0 Å². The summed E-state index contributed by atoms with van der Waals surface area (Å²) < 4.78 is 42.0. The zero-order chi connectivity index (χ0) is 45.5. The summed E-state index contributed by atoms with van der Waals surface area (Å²) in [5.41, 5.74) is 2.45. The number of hydrogen-bond acceptors (Lipinski definition) is 18. The van der Waals surface area contributed by atoms with E-state index in [2.05, 4.69) is 32.9 Å². The second-order valence-corrected chi connectivity index (χ2v) is 20.6. The van der Waals surface area contributed by atoms with Crippen molar-refractivity contribution in [3.8, 4) is 0 Å². The van der Waals surface area contributed by atoms with Crippen molar-refractivity contribution in [2.75, 3.05) is 19.8 Å². The lowest BCUT2D eigenvalue weighted by Gasteiger charge is -2.55. The lowest BCUT2D eigenvalue weighted by Crippen LogP contribution is -2.64. The third kappa shape index (κ3) is 8.43. The Morgan fingerprint density at radius 1 is 0.730 bits per heavy atom. The van der Waals surface area contributed by atoms with Crippen molar-refractivity contribution >= 4 is 0 Å². The fourth-order valence-corrected chi connectivity index (χ4v) is 12.9. The molecule has 11 N–H and O–H groups in total. The molecular formula is C45H72O18. The summed E-state index contributed by atoms with van der Waals surface area (Å²) in [6, 6.07) is 0. The lowest BCUT2D eigenvalue weighted by atomic mass is 9.50. The topological polar surface area (TPSA) is 287 Å². The monoisotopic (exact) mass is 900 g/mol. The number of rotatable bonds is 12. The van der Waals surface area contributed by atoms with Gasteiger partial charge in [0.25, 0.3) is 0 Å². The molecule has 0 amide bonds. The highest BCUT2D eigenvalue weighted by Crippen LogP contribution is 2.69. The van der Waals surface area contributed by atoms with Gasteiger partial charge in [-0.05, 0) is 86.4 Å². The molecule has 0 unspecified atom stereocenters. The van der Waals surface area contributed by atoms with Crippen LogP contribution in [0.5, 0.6) is 0 Å². The summed E-state index contributed by atoms with van der Waals surface area (Å²) in [5.74, 6) is -0.772. The minimum Gasteiger partial charge on any atom is -0.394 e. The van der Waals surface area contributed by atoms with Crippen molar-refractivity contribution < 1.29 is 89.3 Å². The van der Waals surface area contributed by atoms with E-state index in [0.717, 1.165) is 25.7 Å². The summed E-state index contributed by atoms with van der Waals surface area (Å²) >= 11 is 0. The van der Waals surface area contributed by atoms with E-state index in [1.165, 1.54) is 18.1 Å². The highest BCUT2D eigenvalue weighted by Gasteiger charge is 2.67. The van der Waals surface area contributed by atoms with Gasteiger partial charge in [-0.3, -0.25) is 0 Å². The molecule has 0 aromatic rings. The van der Waals surface area contributed by atoms with Crippen LogP contribution in [0.3, 0.4) is 0 Å². The molecule has 0 bridgehead atoms. The molecule has 8 rings (SSSR count). The van der Waals surface area contributed by atoms with E-state index in [1.54, 1.807) is 0 Å². The maximum absolute atomic E-state index is 12.0. The third-order valence-electron chi connectivity index (χ3n) is 16.9. The van der Waals surface area contributed by atoms with Crippen molar-refractivity contribution in [3.05, 3.63) is 23.3 Å². The molecule has 0 radical (unpaired) electrons. The molecule has 360 valence electrons. The summed E-state index contributed by atoms with van der Waals surface area (Å²) in [6.45, 7) is 9.30. The number of allylic oxidation sites excluding steroid dienone is 3. The number of hydrogen-bond donors (Lipinski definition) is 11. The van der Waals surface area contributed by atoms with Crippen LogP contribution in [0.25, 0.3) is 0 Å². The zero-order valence-corrected chi connectivity index (χ0v) is 36.9. The molecule has 0 spiro atoms. The van der Waals surface area contributed by atoms with Gasteiger partial charge in [-0.25, -0.2) is 0 Å². The van der Waals surface area contributed by atoms with Crippen LogP contribution in [0.2, 0.25) is 0 Å². The molecule has 7 fully saturated rings. The Bertz CT molecular complexity index is 1660. The fourth-order valence-electron chi connectivity index (χ4n) is 12.9. The normalized spacial score (nSPS) is 53.7. The minimum atomic E-state index is -1.66. The van der Waals surface area contributed by atoms with Crippen LogP contribution in [0.15, 0.2) is 23.3 Å². The number of ether oxygens (including phenoxy) is 7. The van der Waals surface area contributed by atoms with Gasteiger partial charge < -0.3 is 89.3 Å². The van der Waals surface area contributed by atoms with Crippen molar-refractivity contribution in [2.24, 2.45) is 40.4 Å². The van der Waals surface area contributed by atoms with Gasteiger partial charge in [-0.2, -0.15) is 0 Å². The van der Waals surface area contributed by atoms with Crippen molar-refractivity contribution in [1.29, 1.82) is 0 Å². The Balaban J connectivity index is 0.903. The summed E-state index contributed by atoms with van der Waals surface area (Å²) in [6.07, 6.45) is -10.8. The van der Waals surface area contributed by atoms with E-state index >= 15 is 0 Å². The first kappa shape index (κ1) is 48.2. The zero-order valence-electron chi connectivity index (χ0n) is 36.9. The standard InChI is InChI=1S/C45H72O18/c1-19(18-57-40-37(54)35(52)32(49)28(16-46)60-40)8-13-45(56)20(2)30-27(63-45)15-26-24-7-6-22-14-23(9-11-43(22,4)25(24)10-12-44(26,30)5)59-42-39(36(53)33(50)29(17-47)61-42)62-41-38(55)34(51)31(48)21(3)58-41/h6-7,19-21,23,25-42,46-56H,8-18H2,1-5H3/t19-,20+,21+,23+,25+,26+,27+,28-,29-,30+,31+,32+,33-,34-,35-,36+,37-,38-,39-,40-,41+,42-,43+,44+,45-/m1/s1. The highest BCUT2D eigenvalue weighted by atomic mass is 16.8. The minimum absolute atomic E-state index is 0.0622. The molecule has 4 heterocycles. The van der Waals surface area contributed by atoms with Gasteiger partial charge in [0.05, 0.1) is 38.1 Å². The van der Waals surface area contributed by atoms with E-state index < -0.39 is 111 Å². The highest BCUT2D eigenvalue weighted by molar-refractivity contribution is 5.39. The molecular weight excluding hydrogens is 828 g/mol. The van der Waals surface area contributed by atoms with Crippen LogP contribution < -0.4 is 0 Å². The Morgan fingerprint density at radius 3 is 2.08 bits per heavy atom. The maximum Gasteiger partial charge on any atom is 0.187 e. The van der Waals surface area contributed by atoms with Gasteiger partial charge in [-0.1, -0.05) is 51.0 Å². The average molecular weight is 901 g/mol. The number of fused-ring (bicyclic) bond motifs is 7. The van der Waals surface area contributed by atoms with E-state index in [0.29, 0.717) is 31.6 Å². The second-order valence-electron chi connectivity index (χ2n) is 20.6. The van der Waals surface area contributed by atoms with Crippen molar-refractivity contribution in [2.45, 2.75) is 196 Å². The summed E-state index contributed by atoms with van der Waals surface area (Å²) in [4.78, 5) is 0. The number of aliphatic hydroxyl groups excluding tert-OH is 10. The average Bonchev–Trinajstić information content (AvgIpc) is 3.70. The molecule has 8 aliphatic rings. The Kier molecular flexibility index (Phi) is 14.0. The van der Waals surface area contributed by atoms with Crippen LogP contribution in [0.4, 0.5) is 0 Å². The maximum atomic E-state index is 12.0. The van der Waals surface area contributed by atoms with E-state index in [9.17, 15) is 56.2 Å². The van der Waals surface area contributed by atoms with Gasteiger partial charge in [0.1, 0.15) is 67.1 Å². The Hall–Kier alpha value is -1.24. The SMILES string of the molecule is C[C@H](CC[C@@]1(O)O[C@H]2C[C@H]3C4=CC=C5C[C@@H](O[C@@H]6O[C@H](CO)[C@@H](O)[C@H](O)[C@H]6O[C@@H]6O[C@@H](C)[C@H](O)[C@@H](O)[C@H]6O)CC[C@]5(C)[C@H]4CC[C@]3(C)[C@H]2[C@@H]1C)CO[C@@H]1O[C@H](CO)[C@H](O)[C@@H](O)[C@H]1O. The Labute approximate surface area is 368 Å². The molecule has 63 heavy (non-hydrogen) atoms. The summed E-state index contributed by atoms with van der Waals surface area (Å²) in [5, 5.41) is 115. The summed E-state index contributed by atoms with van der Waals surface area (Å²) in [7, 11) is 0. The van der Waals surface area contributed by atoms with Crippen molar-refractivity contribution in [3.63, 3.8) is 0 Å². The first-order chi connectivity index (χ1) is 29.8. The van der Waals surface area contributed by atoms with Crippen LogP contribution >= 0.6 is 0 Å². The van der Waals surface area contributed by atoms with E-state index in [4.69, 9.17) is 33.2 Å². The molecule has 0 aromatic heterocycles. The van der Waals surface area contributed by atoms with Gasteiger partial charge in [0.2, 0.25) is 0 Å². The van der Waals surface area contributed by atoms with Crippen LogP contribution in [0, 0.1) is 40.4 Å². The smallest absolute Gasteiger partial charge is 0.187 e. The first-order valence-electron chi connectivity index (χ1n) is 23.1. The van der Waals surface area contributed by atoms with E-state index in [-0.39, 0.29) is 53.3 Å². The molecule has 18 nitrogen and oxygen atoms in total. The predicted molar refractivity (Wildman–Crippen MR) is 218 cm³/mol. The van der Waals surface area contributed by atoms with Gasteiger partial charge in [0.15, 0.2) is 24.7 Å². The van der Waals surface area contributed by atoms with Crippen LogP contribution in [-0.4, -0.2) is 186 Å². The molecule has 4 saturated heterocycles. The number of aliphatic hydroxyl groups is 11. The second kappa shape index (κ2) is 18.3. The quantitative estimate of drug-likeness (QED) is 0.113. The molecule has 3 saturated carbocycles. The molecule has 18 heteroatoms. The third-order valence-corrected chi connectivity index (χ3v) is 16.9. The molecule has 4 aliphatic carbocycles. The van der Waals surface area contributed by atoms with Gasteiger partial charge in [0, 0.05) is 12.3 Å². The molecule has 25 atom stereocenters. The fraction of sp³-hybridized carbons (Fsp3) is 0.911. The lowest BCUT2D eigenvalue weighted by molar-refractivity contribution is -0.369. The van der Waals surface area contributed by atoms with E-state index in [1.807, 2.05) is 6.92 Å². The van der Waals surface area contributed by atoms with Crippen LogP contribution in [-0.2, 0) is 33.2 Å². The van der Waals surface area contributed by atoms with Gasteiger partial charge in [-0.15, -0.1) is 0 Å².